The molecule has 0 spiro atoms. The number of ether oxygens (including phenoxy) is 2. The molecule has 2 aromatic carbocycles. The number of hydrogen-bond acceptors (Lipinski definition) is 7. The molecule has 2 N–H and O–H groups in total. The number of aromatic nitrogens is 3. The van der Waals surface area contributed by atoms with Gasteiger partial charge in [0.15, 0.2) is 12.3 Å². The van der Waals surface area contributed by atoms with Crippen LogP contribution in [0.2, 0.25) is 0 Å². The SMILES string of the molecule is COCCN(C)C(=O)COc1ccc(-c2nc3cnccn3c2Nc2ccc3c(c2)CCC3=N)cc1. The summed E-state index contributed by atoms with van der Waals surface area (Å²) in [4.78, 5) is 22.8. The molecule has 0 fully saturated rings. The van der Waals surface area contributed by atoms with Crippen LogP contribution in [0.15, 0.2) is 61.1 Å². The second-order valence-corrected chi connectivity index (χ2v) is 8.71. The van der Waals surface area contributed by atoms with Crippen LogP contribution >= 0.6 is 0 Å². The van der Waals surface area contributed by atoms with E-state index in [0.717, 1.165) is 46.8 Å². The van der Waals surface area contributed by atoms with Crippen LogP contribution in [0.1, 0.15) is 17.5 Å². The number of nitrogens with one attached hydrogen (secondary N) is 2. The molecule has 1 aliphatic rings. The smallest absolute Gasteiger partial charge is 0.260 e. The quantitative estimate of drug-likeness (QED) is 0.373. The molecule has 0 unspecified atom stereocenters. The molecule has 0 saturated carbocycles. The minimum Gasteiger partial charge on any atom is -0.484 e. The van der Waals surface area contributed by atoms with E-state index in [9.17, 15) is 4.79 Å². The summed E-state index contributed by atoms with van der Waals surface area (Å²) in [6, 6.07) is 13.7. The maximum Gasteiger partial charge on any atom is 0.260 e. The maximum atomic E-state index is 12.2. The van der Waals surface area contributed by atoms with E-state index in [1.807, 2.05) is 47.0 Å². The summed E-state index contributed by atoms with van der Waals surface area (Å²) in [5.41, 5.74) is 6.26. The van der Waals surface area contributed by atoms with E-state index in [4.69, 9.17) is 19.9 Å². The lowest BCUT2D eigenvalue weighted by Crippen LogP contribution is -2.33. The Morgan fingerprint density at radius 2 is 2.03 bits per heavy atom. The van der Waals surface area contributed by atoms with Crippen LogP contribution in [0.5, 0.6) is 5.75 Å². The number of rotatable bonds is 9. The Hall–Kier alpha value is -4.24. The average Bonchev–Trinajstić information content (AvgIpc) is 3.46. The molecule has 184 valence electrons. The van der Waals surface area contributed by atoms with Crippen molar-refractivity contribution < 1.29 is 14.3 Å². The number of benzene rings is 2. The van der Waals surface area contributed by atoms with Gasteiger partial charge in [0.1, 0.15) is 17.3 Å². The van der Waals surface area contributed by atoms with Crippen LogP contribution in [0.3, 0.4) is 0 Å². The molecule has 0 atom stereocenters. The van der Waals surface area contributed by atoms with Gasteiger partial charge in [-0.3, -0.25) is 14.2 Å². The number of nitrogens with zero attached hydrogens (tertiary/aromatic N) is 4. The summed E-state index contributed by atoms with van der Waals surface area (Å²) < 4.78 is 12.7. The summed E-state index contributed by atoms with van der Waals surface area (Å²) in [7, 11) is 3.33. The van der Waals surface area contributed by atoms with Crippen molar-refractivity contribution in [3.8, 4) is 17.0 Å². The molecule has 0 saturated heterocycles. The van der Waals surface area contributed by atoms with Gasteiger partial charge in [-0.1, -0.05) is 6.07 Å². The lowest BCUT2D eigenvalue weighted by molar-refractivity contribution is -0.132. The summed E-state index contributed by atoms with van der Waals surface area (Å²) in [5, 5.41) is 11.6. The van der Waals surface area contributed by atoms with Crippen molar-refractivity contribution in [2.24, 2.45) is 0 Å². The molecule has 2 aromatic heterocycles. The van der Waals surface area contributed by atoms with Gasteiger partial charge in [0, 0.05) is 50.1 Å². The van der Waals surface area contributed by atoms with Gasteiger partial charge >= 0.3 is 0 Å². The Labute approximate surface area is 209 Å². The van der Waals surface area contributed by atoms with Gasteiger partial charge in [-0.2, -0.15) is 0 Å². The number of imidazole rings is 1. The molecule has 2 heterocycles. The molecule has 4 aromatic rings. The predicted molar refractivity (Wildman–Crippen MR) is 138 cm³/mol. The third-order valence-electron chi connectivity index (χ3n) is 6.31. The summed E-state index contributed by atoms with van der Waals surface area (Å²) >= 11 is 0. The zero-order valence-corrected chi connectivity index (χ0v) is 20.3. The highest BCUT2D eigenvalue weighted by atomic mass is 16.5. The van der Waals surface area contributed by atoms with Gasteiger partial charge < -0.3 is 25.1 Å². The zero-order valence-electron chi connectivity index (χ0n) is 20.3. The standard InChI is InChI=1S/C27H28N6O3/c1-32(13-14-35-2)25(34)17-36-21-7-3-18(4-8-21)26-27(33-12-11-29-16-24(33)31-26)30-20-6-9-22-19(15-20)5-10-23(22)28/h3-4,6-9,11-12,15-16,28,30H,5,10,13-14,17H2,1-2H3. The Bertz CT molecular complexity index is 1410. The average molecular weight is 485 g/mol. The van der Waals surface area contributed by atoms with E-state index in [0.29, 0.717) is 24.6 Å². The fourth-order valence-electron chi connectivity index (χ4n) is 4.25. The minimum absolute atomic E-state index is 0.0395. The Kier molecular flexibility index (Phi) is 6.64. The number of carbonyl (C=O) groups excluding carboxylic acids is 1. The maximum absolute atomic E-state index is 12.2. The van der Waals surface area contributed by atoms with E-state index in [-0.39, 0.29) is 12.5 Å². The van der Waals surface area contributed by atoms with Crippen molar-refractivity contribution in [3.05, 3.63) is 72.2 Å². The van der Waals surface area contributed by atoms with Gasteiger partial charge in [0.05, 0.1) is 12.8 Å². The summed E-state index contributed by atoms with van der Waals surface area (Å²) in [5.74, 6) is 1.32. The van der Waals surface area contributed by atoms with Crippen molar-refractivity contribution >= 4 is 28.8 Å². The van der Waals surface area contributed by atoms with Crippen molar-refractivity contribution in [1.82, 2.24) is 19.3 Å². The molecule has 9 nitrogen and oxygen atoms in total. The molecule has 0 aliphatic heterocycles. The first kappa shape index (κ1) is 23.5. The number of hydrogen-bond donors (Lipinski definition) is 2. The first-order valence-electron chi connectivity index (χ1n) is 11.8. The van der Waals surface area contributed by atoms with Gasteiger partial charge in [0.2, 0.25) is 0 Å². The van der Waals surface area contributed by atoms with Crippen LogP contribution in [0.25, 0.3) is 16.9 Å². The van der Waals surface area contributed by atoms with Crippen LogP contribution < -0.4 is 10.1 Å². The van der Waals surface area contributed by atoms with Crippen molar-refractivity contribution in [1.29, 1.82) is 5.41 Å². The fraction of sp³-hybridized carbons (Fsp3) is 0.259. The highest BCUT2D eigenvalue weighted by Crippen LogP contribution is 2.33. The third-order valence-corrected chi connectivity index (χ3v) is 6.31. The van der Waals surface area contributed by atoms with Crippen LogP contribution in [-0.4, -0.2) is 64.8 Å². The Morgan fingerprint density at radius 3 is 2.83 bits per heavy atom. The number of carbonyl (C=O) groups is 1. The lowest BCUT2D eigenvalue weighted by atomic mass is 10.1. The van der Waals surface area contributed by atoms with Crippen molar-refractivity contribution in [3.63, 3.8) is 0 Å². The number of anilines is 2. The van der Waals surface area contributed by atoms with Crippen LogP contribution in [0.4, 0.5) is 11.5 Å². The Balaban J connectivity index is 1.37. The number of amides is 1. The van der Waals surface area contributed by atoms with Crippen LogP contribution in [-0.2, 0) is 16.0 Å². The van der Waals surface area contributed by atoms with Crippen molar-refractivity contribution in [2.45, 2.75) is 12.8 Å². The number of methoxy groups -OCH3 is 1. The molecule has 1 aliphatic carbocycles. The molecular weight excluding hydrogens is 456 g/mol. The topological polar surface area (TPSA) is 105 Å². The van der Waals surface area contributed by atoms with Gasteiger partial charge in [-0.05, 0) is 60.4 Å². The third kappa shape index (κ3) is 4.78. The first-order chi connectivity index (χ1) is 17.5. The first-order valence-corrected chi connectivity index (χ1v) is 11.8. The molecule has 0 bridgehead atoms. The molecule has 0 radical (unpaired) electrons. The van der Waals surface area contributed by atoms with E-state index >= 15 is 0 Å². The largest absolute Gasteiger partial charge is 0.484 e. The second kappa shape index (κ2) is 10.2. The predicted octanol–water partition coefficient (Wildman–Crippen LogP) is 3.94. The lowest BCUT2D eigenvalue weighted by Gasteiger charge is -2.16. The molecule has 36 heavy (non-hydrogen) atoms. The summed E-state index contributed by atoms with van der Waals surface area (Å²) in [6.07, 6.45) is 7.00. The molecule has 1 amide bonds. The number of likely N-dealkylation sites (N-methyl/N-ethyl adjacent to an activating group) is 1. The second-order valence-electron chi connectivity index (χ2n) is 8.71. The number of aryl methyl sites for hydroxylation is 1. The van der Waals surface area contributed by atoms with E-state index < -0.39 is 0 Å². The van der Waals surface area contributed by atoms with Gasteiger partial charge in [0.25, 0.3) is 5.91 Å². The minimum atomic E-state index is -0.111. The number of fused-ring (bicyclic) bond motifs is 2. The highest BCUT2D eigenvalue weighted by Gasteiger charge is 2.19. The van der Waals surface area contributed by atoms with Crippen LogP contribution in [0, 0.1) is 5.41 Å². The zero-order chi connectivity index (χ0) is 25.1. The van der Waals surface area contributed by atoms with E-state index in [1.54, 1.807) is 31.5 Å². The molecular formula is C27H28N6O3. The van der Waals surface area contributed by atoms with E-state index in [1.165, 1.54) is 5.56 Å². The van der Waals surface area contributed by atoms with Gasteiger partial charge in [-0.25, -0.2) is 4.98 Å². The van der Waals surface area contributed by atoms with Gasteiger partial charge in [-0.15, -0.1) is 0 Å². The molecule has 9 heteroatoms. The fourth-order valence-corrected chi connectivity index (χ4v) is 4.25. The Morgan fingerprint density at radius 1 is 1.19 bits per heavy atom. The molecule has 5 rings (SSSR count). The normalized spacial score (nSPS) is 12.6. The summed E-state index contributed by atoms with van der Waals surface area (Å²) in [6.45, 7) is 0.960. The monoisotopic (exact) mass is 484 g/mol. The van der Waals surface area contributed by atoms with Crippen molar-refractivity contribution in [2.75, 3.05) is 39.2 Å². The van der Waals surface area contributed by atoms with E-state index in [2.05, 4.69) is 16.4 Å². The highest BCUT2D eigenvalue weighted by molar-refractivity contribution is 6.02.